The van der Waals surface area contributed by atoms with E-state index < -0.39 is 0 Å². The van der Waals surface area contributed by atoms with Crippen molar-refractivity contribution in [2.24, 2.45) is 0 Å². The molecule has 0 bridgehead atoms. The molecule has 3 aromatic heterocycles. The molecule has 1 aromatic carbocycles. The van der Waals surface area contributed by atoms with Gasteiger partial charge in [-0.15, -0.1) is 23.7 Å². The maximum Gasteiger partial charge on any atom is 0.150 e. The van der Waals surface area contributed by atoms with E-state index >= 15 is 0 Å². The first kappa shape index (κ1) is 17.3. The maximum absolute atomic E-state index is 14.7. The van der Waals surface area contributed by atoms with Crippen LogP contribution in [0.2, 0.25) is 0 Å². The SMILES string of the molecule is Cl.Fc1cc(-c2ccc3[nH]ncc3n2)cc2sc(C3CCNCC3)nc12. The van der Waals surface area contributed by atoms with Crippen LogP contribution >= 0.6 is 23.7 Å². The molecule has 0 radical (unpaired) electrons. The van der Waals surface area contributed by atoms with Gasteiger partial charge in [0.2, 0.25) is 0 Å². The van der Waals surface area contributed by atoms with Gasteiger partial charge in [-0.3, -0.25) is 5.10 Å². The van der Waals surface area contributed by atoms with E-state index in [2.05, 4.69) is 25.5 Å². The molecule has 1 fully saturated rings. The second-order valence-corrected chi connectivity index (χ2v) is 7.44. The van der Waals surface area contributed by atoms with Gasteiger partial charge >= 0.3 is 0 Å². The highest BCUT2D eigenvalue weighted by molar-refractivity contribution is 7.18. The molecule has 4 heterocycles. The number of benzene rings is 1. The Balaban J connectivity index is 0.00000168. The number of nitrogens with one attached hydrogen (secondary N) is 2. The average Bonchev–Trinajstić information content (AvgIpc) is 3.28. The summed E-state index contributed by atoms with van der Waals surface area (Å²) in [7, 11) is 0. The number of H-pyrrole nitrogens is 1. The molecule has 1 aliphatic heterocycles. The van der Waals surface area contributed by atoms with Crippen LogP contribution in [0.15, 0.2) is 30.5 Å². The molecular formula is C18H17ClFN5S. The van der Waals surface area contributed by atoms with Crippen LogP contribution in [-0.4, -0.2) is 33.3 Å². The lowest BCUT2D eigenvalue weighted by atomic mass is 9.99. The lowest BCUT2D eigenvalue weighted by molar-refractivity contribution is 0.459. The minimum atomic E-state index is -0.280. The zero-order valence-corrected chi connectivity index (χ0v) is 15.5. The van der Waals surface area contributed by atoms with Gasteiger partial charge in [-0.1, -0.05) is 0 Å². The van der Waals surface area contributed by atoms with Crippen LogP contribution in [-0.2, 0) is 0 Å². The summed E-state index contributed by atoms with van der Waals surface area (Å²) in [4.78, 5) is 9.16. The van der Waals surface area contributed by atoms with E-state index in [9.17, 15) is 4.39 Å². The van der Waals surface area contributed by atoms with Gasteiger partial charge in [0.1, 0.15) is 11.0 Å². The van der Waals surface area contributed by atoms with Crippen molar-refractivity contribution in [3.05, 3.63) is 41.3 Å². The monoisotopic (exact) mass is 389 g/mol. The Kier molecular flexibility index (Phi) is 4.60. The molecule has 4 aromatic rings. The number of hydrogen-bond acceptors (Lipinski definition) is 5. The van der Waals surface area contributed by atoms with Crippen molar-refractivity contribution in [3.63, 3.8) is 0 Å². The number of thiazole rings is 1. The molecule has 5 rings (SSSR count). The molecule has 0 atom stereocenters. The number of rotatable bonds is 2. The van der Waals surface area contributed by atoms with Crippen LogP contribution in [0.5, 0.6) is 0 Å². The minimum absolute atomic E-state index is 0. The standard InChI is InChI=1S/C18H16FN5S.ClH/c19-12-7-11(13-1-2-14-15(22-13)9-21-24-14)8-16-17(12)23-18(25-16)10-3-5-20-6-4-10;/h1-2,7-10,20H,3-6H2,(H,21,24);1H. The van der Waals surface area contributed by atoms with Crippen molar-refractivity contribution in [1.82, 2.24) is 25.5 Å². The minimum Gasteiger partial charge on any atom is -0.317 e. The van der Waals surface area contributed by atoms with Crippen LogP contribution in [0.4, 0.5) is 4.39 Å². The van der Waals surface area contributed by atoms with Crippen LogP contribution in [0, 0.1) is 5.82 Å². The van der Waals surface area contributed by atoms with E-state index in [-0.39, 0.29) is 18.2 Å². The summed E-state index contributed by atoms with van der Waals surface area (Å²) >= 11 is 1.61. The number of hydrogen-bond donors (Lipinski definition) is 2. The van der Waals surface area contributed by atoms with Gasteiger partial charge in [-0.2, -0.15) is 5.10 Å². The van der Waals surface area contributed by atoms with Gasteiger partial charge in [0.25, 0.3) is 0 Å². The number of aromatic nitrogens is 4. The Labute approximate surface area is 159 Å². The van der Waals surface area contributed by atoms with E-state index in [1.54, 1.807) is 17.5 Å². The lowest BCUT2D eigenvalue weighted by Crippen LogP contribution is -2.26. The highest BCUT2D eigenvalue weighted by Gasteiger charge is 2.20. The summed E-state index contributed by atoms with van der Waals surface area (Å²) in [6.07, 6.45) is 3.80. The number of fused-ring (bicyclic) bond motifs is 2. The summed E-state index contributed by atoms with van der Waals surface area (Å²) in [5.74, 6) is 0.153. The van der Waals surface area contributed by atoms with Gasteiger partial charge < -0.3 is 5.32 Å². The molecule has 1 saturated heterocycles. The summed E-state index contributed by atoms with van der Waals surface area (Å²) in [5.41, 5.74) is 3.64. The highest BCUT2D eigenvalue weighted by atomic mass is 35.5. The normalized spacial score (nSPS) is 15.4. The first-order chi connectivity index (χ1) is 12.3. The van der Waals surface area contributed by atoms with Gasteiger partial charge in [0.05, 0.1) is 27.1 Å². The highest BCUT2D eigenvalue weighted by Crippen LogP contribution is 2.35. The van der Waals surface area contributed by atoms with Crippen molar-refractivity contribution in [2.45, 2.75) is 18.8 Å². The number of piperidine rings is 1. The number of pyridine rings is 1. The molecule has 2 N–H and O–H groups in total. The van der Waals surface area contributed by atoms with Crippen molar-refractivity contribution in [2.75, 3.05) is 13.1 Å². The third-order valence-electron chi connectivity index (χ3n) is 4.75. The van der Waals surface area contributed by atoms with Gasteiger partial charge in [-0.25, -0.2) is 14.4 Å². The molecule has 0 aliphatic carbocycles. The van der Waals surface area contributed by atoms with Crippen LogP contribution in [0.1, 0.15) is 23.8 Å². The van der Waals surface area contributed by atoms with Crippen LogP contribution in [0.25, 0.3) is 32.5 Å². The molecule has 0 spiro atoms. The van der Waals surface area contributed by atoms with Crippen molar-refractivity contribution in [3.8, 4) is 11.3 Å². The average molecular weight is 390 g/mol. The fourth-order valence-electron chi connectivity index (χ4n) is 3.39. The summed E-state index contributed by atoms with van der Waals surface area (Å²) < 4.78 is 15.5. The maximum atomic E-state index is 14.7. The van der Waals surface area contributed by atoms with E-state index in [4.69, 9.17) is 0 Å². The molecule has 5 nitrogen and oxygen atoms in total. The Hall–Kier alpha value is -2.09. The predicted molar refractivity (Wildman–Crippen MR) is 105 cm³/mol. The smallest absolute Gasteiger partial charge is 0.150 e. The summed E-state index contributed by atoms with van der Waals surface area (Å²) in [6, 6.07) is 7.33. The fourth-order valence-corrected chi connectivity index (χ4v) is 4.58. The molecule has 0 amide bonds. The number of aromatic amines is 1. The Morgan fingerprint density at radius 2 is 1.96 bits per heavy atom. The largest absolute Gasteiger partial charge is 0.317 e. The van der Waals surface area contributed by atoms with Gasteiger partial charge in [0.15, 0.2) is 5.82 Å². The zero-order chi connectivity index (χ0) is 16.8. The molecule has 134 valence electrons. The molecular weight excluding hydrogens is 373 g/mol. The third kappa shape index (κ3) is 2.96. The van der Waals surface area contributed by atoms with E-state index in [0.29, 0.717) is 11.4 Å². The van der Waals surface area contributed by atoms with E-state index in [1.807, 2.05) is 18.2 Å². The van der Waals surface area contributed by atoms with Crippen LogP contribution in [0.3, 0.4) is 0 Å². The predicted octanol–water partition coefficient (Wildman–Crippen LogP) is 4.26. The molecule has 8 heteroatoms. The van der Waals surface area contributed by atoms with E-state index in [1.165, 1.54) is 6.07 Å². The second kappa shape index (κ2) is 6.90. The second-order valence-electron chi connectivity index (χ2n) is 6.38. The third-order valence-corrected chi connectivity index (χ3v) is 5.91. The van der Waals surface area contributed by atoms with Gasteiger partial charge in [-0.05, 0) is 50.2 Å². The van der Waals surface area contributed by atoms with Crippen LogP contribution < -0.4 is 5.32 Å². The number of nitrogens with zero attached hydrogens (tertiary/aromatic N) is 3. The van der Waals surface area contributed by atoms with Gasteiger partial charge in [0, 0.05) is 11.5 Å². The first-order valence-electron chi connectivity index (χ1n) is 8.39. The molecule has 0 saturated carbocycles. The molecule has 1 aliphatic rings. The molecule has 26 heavy (non-hydrogen) atoms. The fraction of sp³-hybridized carbons (Fsp3) is 0.278. The topological polar surface area (TPSA) is 66.5 Å². The zero-order valence-electron chi connectivity index (χ0n) is 13.8. The Bertz CT molecular complexity index is 1070. The Morgan fingerprint density at radius 1 is 1.12 bits per heavy atom. The summed E-state index contributed by atoms with van der Waals surface area (Å²) in [5, 5.41) is 11.3. The number of halogens is 2. The van der Waals surface area contributed by atoms with Crippen molar-refractivity contribution in [1.29, 1.82) is 0 Å². The summed E-state index contributed by atoms with van der Waals surface area (Å²) in [6.45, 7) is 2.01. The quantitative estimate of drug-likeness (QED) is 0.537. The van der Waals surface area contributed by atoms with E-state index in [0.717, 1.165) is 57.9 Å². The first-order valence-corrected chi connectivity index (χ1v) is 9.21. The lowest BCUT2D eigenvalue weighted by Gasteiger charge is -2.20. The van der Waals surface area contributed by atoms with Crippen molar-refractivity contribution >= 4 is 45.0 Å². The van der Waals surface area contributed by atoms with Crippen molar-refractivity contribution < 1.29 is 4.39 Å². The molecule has 0 unspecified atom stereocenters. The Morgan fingerprint density at radius 3 is 2.81 bits per heavy atom.